The predicted molar refractivity (Wildman–Crippen MR) is 61.9 cm³/mol. The van der Waals surface area contributed by atoms with Crippen LogP contribution in [0.25, 0.3) is 0 Å². The quantitative estimate of drug-likeness (QED) is 0.623. The van der Waals surface area contributed by atoms with Crippen molar-refractivity contribution in [1.29, 1.82) is 5.26 Å². The summed E-state index contributed by atoms with van der Waals surface area (Å²) < 4.78 is 4.78. The maximum Gasteiger partial charge on any atom is 0.240 e. The minimum atomic E-state index is -0.674. The van der Waals surface area contributed by atoms with E-state index in [1.807, 2.05) is 6.07 Å². The molecule has 17 heavy (non-hydrogen) atoms. The monoisotopic (exact) mass is 241 g/mol. The lowest BCUT2D eigenvalue weighted by Crippen LogP contribution is -2.41. The van der Waals surface area contributed by atoms with Crippen LogP contribution in [0.5, 0.6) is 0 Å². The minimum absolute atomic E-state index is 0.0409. The molecule has 0 rings (SSSR count). The fourth-order valence-electron chi connectivity index (χ4n) is 1.23. The lowest BCUT2D eigenvalue weighted by atomic mass is 10.1. The van der Waals surface area contributed by atoms with Gasteiger partial charge >= 0.3 is 0 Å². The van der Waals surface area contributed by atoms with Gasteiger partial charge in [0.1, 0.15) is 5.92 Å². The van der Waals surface area contributed by atoms with Crippen molar-refractivity contribution >= 4 is 11.8 Å². The number of nitrogens with zero attached hydrogens (tertiary/aromatic N) is 2. The molecule has 0 radical (unpaired) electrons. The highest BCUT2D eigenvalue weighted by Gasteiger charge is 2.21. The molecule has 2 amide bonds. The van der Waals surface area contributed by atoms with Gasteiger partial charge in [0.05, 0.1) is 19.2 Å². The van der Waals surface area contributed by atoms with E-state index in [0.717, 1.165) is 0 Å². The molecule has 0 aliphatic carbocycles. The molecule has 0 aromatic carbocycles. The largest absolute Gasteiger partial charge is 0.383 e. The number of ether oxygens (including phenoxy) is 1. The number of nitriles is 1. The fraction of sp³-hybridized carbons (Fsp3) is 0.727. The Kier molecular flexibility index (Phi) is 7.72. The van der Waals surface area contributed by atoms with Crippen LogP contribution in [-0.4, -0.2) is 50.6 Å². The molecular weight excluding hydrogens is 222 g/mol. The Morgan fingerprint density at radius 2 is 2.18 bits per heavy atom. The summed E-state index contributed by atoms with van der Waals surface area (Å²) in [6.45, 7) is 2.56. The number of hydrogen-bond acceptors (Lipinski definition) is 4. The Balaban J connectivity index is 4.07. The van der Waals surface area contributed by atoms with Crippen molar-refractivity contribution in [3.63, 3.8) is 0 Å². The first-order chi connectivity index (χ1) is 8.06. The van der Waals surface area contributed by atoms with Gasteiger partial charge in [-0.25, -0.2) is 0 Å². The van der Waals surface area contributed by atoms with Gasteiger partial charge < -0.3 is 15.0 Å². The maximum atomic E-state index is 11.7. The second-order valence-electron chi connectivity index (χ2n) is 3.63. The average Bonchev–Trinajstić information content (AvgIpc) is 2.30. The molecule has 0 fully saturated rings. The molecule has 0 bridgehead atoms. The van der Waals surface area contributed by atoms with Crippen LogP contribution < -0.4 is 5.32 Å². The van der Waals surface area contributed by atoms with Crippen LogP contribution in [0.3, 0.4) is 0 Å². The van der Waals surface area contributed by atoms with E-state index in [0.29, 0.717) is 19.6 Å². The van der Waals surface area contributed by atoms with Gasteiger partial charge in [-0.15, -0.1) is 0 Å². The molecule has 0 saturated carbocycles. The van der Waals surface area contributed by atoms with Crippen LogP contribution in [0.15, 0.2) is 0 Å². The Hall–Kier alpha value is -1.61. The Morgan fingerprint density at radius 1 is 1.53 bits per heavy atom. The van der Waals surface area contributed by atoms with Crippen molar-refractivity contribution in [2.24, 2.45) is 5.92 Å². The second-order valence-corrected chi connectivity index (χ2v) is 3.63. The van der Waals surface area contributed by atoms with Crippen molar-refractivity contribution in [1.82, 2.24) is 10.2 Å². The molecule has 1 unspecified atom stereocenters. The zero-order valence-electron chi connectivity index (χ0n) is 10.5. The standard InChI is InChI=1S/C11H19N3O3/c1-4-9(7-12)11(16)14(2)8-10(15)13-5-6-17-3/h9H,4-6,8H2,1-3H3,(H,13,15). The summed E-state index contributed by atoms with van der Waals surface area (Å²) in [5, 5.41) is 11.3. The lowest BCUT2D eigenvalue weighted by Gasteiger charge is -2.18. The van der Waals surface area contributed by atoms with E-state index in [1.54, 1.807) is 14.0 Å². The van der Waals surface area contributed by atoms with Crippen LogP contribution in [0, 0.1) is 17.2 Å². The molecule has 0 aliphatic rings. The number of carbonyl (C=O) groups is 2. The van der Waals surface area contributed by atoms with Crippen molar-refractivity contribution < 1.29 is 14.3 Å². The number of hydrogen-bond donors (Lipinski definition) is 1. The second kappa shape index (κ2) is 8.53. The van der Waals surface area contributed by atoms with E-state index in [4.69, 9.17) is 10.00 Å². The van der Waals surface area contributed by atoms with Gasteiger partial charge in [0.15, 0.2) is 0 Å². The van der Waals surface area contributed by atoms with E-state index in [-0.39, 0.29) is 18.4 Å². The third kappa shape index (κ3) is 5.88. The number of amides is 2. The molecule has 0 aliphatic heterocycles. The third-order valence-corrected chi connectivity index (χ3v) is 2.25. The molecule has 96 valence electrons. The first kappa shape index (κ1) is 15.4. The Morgan fingerprint density at radius 3 is 2.65 bits per heavy atom. The Labute approximate surface area is 102 Å². The Bertz CT molecular complexity index is 299. The third-order valence-electron chi connectivity index (χ3n) is 2.25. The number of likely N-dealkylation sites (N-methyl/N-ethyl adjacent to an activating group) is 1. The SMILES string of the molecule is CCC(C#N)C(=O)N(C)CC(=O)NCCOC. The topological polar surface area (TPSA) is 82.4 Å². The van der Waals surface area contributed by atoms with Gasteiger partial charge in [-0.3, -0.25) is 9.59 Å². The van der Waals surface area contributed by atoms with Crippen molar-refractivity contribution in [2.75, 3.05) is 33.9 Å². The molecule has 6 nitrogen and oxygen atoms in total. The summed E-state index contributed by atoms with van der Waals surface area (Å²) in [4.78, 5) is 24.3. The van der Waals surface area contributed by atoms with Crippen LogP contribution in [-0.2, 0) is 14.3 Å². The normalized spacial score (nSPS) is 11.4. The maximum absolute atomic E-state index is 11.7. The van der Waals surface area contributed by atoms with Crippen molar-refractivity contribution in [2.45, 2.75) is 13.3 Å². The molecule has 6 heteroatoms. The van der Waals surface area contributed by atoms with Crippen LogP contribution in [0.4, 0.5) is 0 Å². The molecular formula is C11H19N3O3. The smallest absolute Gasteiger partial charge is 0.240 e. The highest BCUT2D eigenvalue weighted by Crippen LogP contribution is 2.04. The van der Waals surface area contributed by atoms with Gasteiger partial charge in [-0.05, 0) is 6.42 Å². The zero-order valence-corrected chi connectivity index (χ0v) is 10.5. The highest BCUT2D eigenvalue weighted by molar-refractivity contribution is 5.86. The summed E-state index contributed by atoms with van der Waals surface area (Å²) in [5.41, 5.74) is 0. The van der Waals surface area contributed by atoms with Gasteiger partial charge in [0.25, 0.3) is 0 Å². The molecule has 0 spiro atoms. The first-order valence-electron chi connectivity index (χ1n) is 5.47. The summed E-state index contributed by atoms with van der Waals surface area (Å²) >= 11 is 0. The zero-order chi connectivity index (χ0) is 13.3. The van der Waals surface area contributed by atoms with E-state index >= 15 is 0 Å². The van der Waals surface area contributed by atoms with E-state index in [1.165, 1.54) is 11.9 Å². The number of nitrogens with one attached hydrogen (secondary N) is 1. The van der Waals surface area contributed by atoms with E-state index in [9.17, 15) is 9.59 Å². The van der Waals surface area contributed by atoms with Crippen molar-refractivity contribution in [3.05, 3.63) is 0 Å². The van der Waals surface area contributed by atoms with Gasteiger partial charge in [-0.2, -0.15) is 5.26 Å². The number of rotatable bonds is 7. The summed E-state index contributed by atoms with van der Waals surface area (Å²) in [7, 11) is 3.05. The first-order valence-corrected chi connectivity index (χ1v) is 5.47. The molecule has 1 N–H and O–H groups in total. The molecule has 0 heterocycles. The van der Waals surface area contributed by atoms with Gasteiger partial charge in [-0.1, -0.05) is 6.92 Å². The molecule has 0 aromatic rings. The summed E-state index contributed by atoms with van der Waals surface area (Å²) in [5.74, 6) is -1.26. The number of methoxy groups -OCH3 is 1. The van der Waals surface area contributed by atoms with Gasteiger partial charge in [0, 0.05) is 20.7 Å². The average molecular weight is 241 g/mol. The molecule has 1 atom stereocenters. The number of carbonyl (C=O) groups excluding carboxylic acids is 2. The van der Waals surface area contributed by atoms with Crippen LogP contribution in [0.1, 0.15) is 13.3 Å². The predicted octanol–water partition coefficient (Wildman–Crippen LogP) is -0.243. The lowest BCUT2D eigenvalue weighted by molar-refractivity contribution is -0.136. The highest BCUT2D eigenvalue weighted by atomic mass is 16.5. The summed E-state index contributed by atoms with van der Waals surface area (Å²) in [6.07, 6.45) is 0.449. The fourth-order valence-corrected chi connectivity index (χ4v) is 1.23. The van der Waals surface area contributed by atoms with Gasteiger partial charge in [0.2, 0.25) is 11.8 Å². The molecule has 0 saturated heterocycles. The van der Waals surface area contributed by atoms with E-state index < -0.39 is 5.92 Å². The van der Waals surface area contributed by atoms with E-state index in [2.05, 4.69) is 5.32 Å². The van der Waals surface area contributed by atoms with Crippen LogP contribution in [0.2, 0.25) is 0 Å². The van der Waals surface area contributed by atoms with Crippen LogP contribution >= 0.6 is 0 Å². The molecule has 0 aromatic heterocycles. The minimum Gasteiger partial charge on any atom is -0.383 e. The summed E-state index contributed by atoms with van der Waals surface area (Å²) in [6, 6.07) is 1.92. The van der Waals surface area contributed by atoms with Crippen molar-refractivity contribution in [3.8, 4) is 6.07 Å².